The summed E-state index contributed by atoms with van der Waals surface area (Å²) in [4.78, 5) is 39.9. The highest BCUT2D eigenvalue weighted by Crippen LogP contribution is 2.31. The molecule has 1 aliphatic heterocycles. The Kier molecular flexibility index (Phi) is 12.6. The number of carbonyl (C=O) groups excluding carboxylic acids is 3. The van der Waals surface area contributed by atoms with Crippen LogP contribution in [0.4, 0.5) is 4.79 Å². The van der Waals surface area contributed by atoms with Gasteiger partial charge in [0.15, 0.2) is 0 Å². The number of hydrogen-bond acceptors (Lipinski definition) is 8. The first-order valence-corrected chi connectivity index (χ1v) is 16.6. The number of amides is 3. The maximum absolute atomic E-state index is 13.9. The summed E-state index contributed by atoms with van der Waals surface area (Å²) >= 11 is 0. The molecule has 43 heavy (non-hydrogen) atoms. The molecule has 1 heterocycles. The fourth-order valence-electron chi connectivity index (χ4n) is 5.79. The molecule has 3 N–H and O–H groups in total. The third kappa shape index (κ3) is 10.4. The van der Waals surface area contributed by atoms with Crippen LogP contribution < -0.4 is 15.5 Å². The van der Waals surface area contributed by atoms with Crippen LogP contribution in [0.15, 0.2) is 29.2 Å². The lowest BCUT2D eigenvalue weighted by atomic mass is 9.84. The maximum Gasteiger partial charge on any atom is 0.407 e. The lowest BCUT2D eigenvalue weighted by Crippen LogP contribution is -2.51. The third-order valence-electron chi connectivity index (χ3n) is 8.16. The van der Waals surface area contributed by atoms with Gasteiger partial charge in [0.2, 0.25) is 15.9 Å². The van der Waals surface area contributed by atoms with Crippen molar-refractivity contribution < 1.29 is 37.5 Å². The molecular formula is C30H48N4O8S. The van der Waals surface area contributed by atoms with Gasteiger partial charge in [-0.05, 0) is 76.1 Å². The number of methoxy groups -OCH3 is 1. The fraction of sp³-hybridized carbons (Fsp3) is 0.700. The Morgan fingerprint density at radius 1 is 1.02 bits per heavy atom. The third-order valence-corrected chi connectivity index (χ3v) is 10.1. The van der Waals surface area contributed by atoms with Crippen LogP contribution in [0.2, 0.25) is 0 Å². The second-order valence-electron chi connectivity index (χ2n) is 12.5. The van der Waals surface area contributed by atoms with E-state index in [2.05, 4.69) is 5.32 Å². The van der Waals surface area contributed by atoms with E-state index in [-0.39, 0.29) is 42.0 Å². The number of hydrogen-bond donors (Lipinski definition) is 3. The van der Waals surface area contributed by atoms with E-state index in [1.54, 1.807) is 31.2 Å². The summed E-state index contributed by atoms with van der Waals surface area (Å²) in [6.45, 7) is 6.60. The van der Waals surface area contributed by atoms with Gasteiger partial charge in [0.1, 0.15) is 17.4 Å². The van der Waals surface area contributed by atoms with Gasteiger partial charge in [0.25, 0.3) is 5.91 Å². The minimum Gasteiger partial charge on any atom is -0.497 e. The molecule has 12 nitrogen and oxygen atoms in total. The first kappa shape index (κ1) is 34.6. The predicted molar refractivity (Wildman–Crippen MR) is 160 cm³/mol. The average Bonchev–Trinajstić information content (AvgIpc) is 2.99. The van der Waals surface area contributed by atoms with E-state index in [1.807, 2.05) is 0 Å². The molecule has 1 atom stereocenters. The fourth-order valence-corrected chi connectivity index (χ4v) is 7.39. The molecule has 1 aliphatic carbocycles. The van der Waals surface area contributed by atoms with Crippen molar-refractivity contribution in [2.45, 2.75) is 95.1 Å². The molecule has 3 amide bonds. The van der Waals surface area contributed by atoms with Crippen molar-refractivity contribution >= 4 is 27.9 Å². The number of nitrogens with zero attached hydrogens (tertiary/aromatic N) is 2. The second kappa shape index (κ2) is 15.7. The molecule has 1 aromatic carbocycles. The number of ether oxygens (including phenoxy) is 2. The van der Waals surface area contributed by atoms with Gasteiger partial charge in [-0.1, -0.05) is 32.1 Å². The molecule has 242 valence electrons. The van der Waals surface area contributed by atoms with E-state index in [0.29, 0.717) is 38.2 Å². The number of benzene rings is 1. The van der Waals surface area contributed by atoms with E-state index in [1.165, 1.54) is 31.4 Å². The summed E-state index contributed by atoms with van der Waals surface area (Å²) in [5.41, 5.74) is 1.08. The zero-order chi connectivity index (χ0) is 31.6. The summed E-state index contributed by atoms with van der Waals surface area (Å²) in [6.07, 6.45) is 5.91. The van der Waals surface area contributed by atoms with Crippen molar-refractivity contribution in [1.82, 2.24) is 20.0 Å². The van der Waals surface area contributed by atoms with E-state index in [4.69, 9.17) is 9.47 Å². The minimum atomic E-state index is -4.21. The van der Waals surface area contributed by atoms with Gasteiger partial charge in [0.05, 0.1) is 12.0 Å². The molecule has 0 radical (unpaired) electrons. The first-order chi connectivity index (χ1) is 20.3. The molecule has 2 fully saturated rings. The second-order valence-corrected chi connectivity index (χ2v) is 14.4. The topological polar surface area (TPSA) is 155 Å². The molecule has 0 bridgehead atoms. The van der Waals surface area contributed by atoms with Gasteiger partial charge in [-0.15, -0.1) is 0 Å². The van der Waals surface area contributed by atoms with Crippen LogP contribution in [0.5, 0.6) is 5.75 Å². The Morgan fingerprint density at radius 2 is 1.65 bits per heavy atom. The lowest BCUT2D eigenvalue weighted by Gasteiger charge is -2.35. The number of sulfonamides is 1. The molecule has 3 rings (SSSR count). The van der Waals surface area contributed by atoms with Crippen molar-refractivity contribution in [2.75, 3.05) is 33.3 Å². The van der Waals surface area contributed by atoms with E-state index in [9.17, 15) is 28.0 Å². The highest BCUT2D eigenvalue weighted by Gasteiger charge is 2.38. The molecule has 1 saturated carbocycles. The summed E-state index contributed by atoms with van der Waals surface area (Å²) in [5, 5.41) is 12.4. The van der Waals surface area contributed by atoms with E-state index >= 15 is 0 Å². The SMILES string of the molecule is COc1ccc(S(=O)(=O)N(CCC(=O)N2CCC(CNC(=O)OC(C)(C)C)CC2)C(CC2CCCCC2)C(=O)NO)cc1. The highest BCUT2D eigenvalue weighted by atomic mass is 32.2. The standard InChI is InChI=1S/C30H48N4O8S/c1-30(2,3)42-29(37)31-21-23-14-17-33(18-15-23)27(35)16-19-34(43(39,40)25-12-10-24(41-4)11-13-25)26(28(36)32-38)20-22-8-6-5-7-9-22/h10-13,22-23,26,38H,5-9,14-21H2,1-4H3,(H,31,37)(H,32,36). The monoisotopic (exact) mass is 624 g/mol. The van der Waals surface area contributed by atoms with Gasteiger partial charge in [-0.3, -0.25) is 14.8 Å². The van der Waals surface area contributed by atoms with Crippen molar-refractivity contribution in [3.05, 3.63) is 24.3 Å². The van der Waals surface area contributed by atoms with E-state index in [0.717, 1.165) is 36.4 Å². The van der Waals surface area contributed by atoms with E-state index < -0.39 is 33.7 Å². The van der Waals surface area contributed by atoms with Crippen LogP contribution in [0.1, 0.15) is 78.6 Å². The van der Waals surface area contributed by atoms with Crippen LogP contribution in [-0.2, 0) is 24.3 Å². The van der Waals surface area contributed by atoms with Crippen LogP contribution in [0.3, 0.4) is 0 Å². The summed E-state index contributed by atoms with van der Waals surface area (Å²) in [6, 6.07) is 4.71. The number of alkyl carbamates (subject to hydrolysis) is 1. The number of likely N-dealkylation sites (tertiary alicyclic amines) is 1. The molecule has 0 aromatic heterocycles. The summed E-state index contributed by atoms with van der Waals surface area (Å²) in [5.74, 6) is -0.217. The van der Waals surface area contributed by atoms with Crippen molar-refractivity contribution in [3.63, 3.8) is 0 Å². The predicted octanol–water partition coefficient (Wildman–Crippen LogP) is 3.68. The van der Waals surface area contributed by atoms with Crippen molar-refractivity contribution in [1.29, 1.82) is 0 Å². The van der Waals surface area contributed by atoms with Gasteiger partial charge < -0.3 is 19.7 Å². The van der Waals surface area contributed by atoms with Crippen LogP contribution in [-0.4, -0.2) is 85.7 Å². The number of rotatable bonds is 12. The molecule has 2 aliphatic rings. The first-order valence-electron chi connectivity index (χ1n) is 15.2. The molecule has 1 unspecified atom stereocenters. The Bertz CT molecular complexity index is 1170. The molecular weight excluding hydrogens is 576 g/mol. The minimum absolute atomic E-state index is 0.0292. The number of piperidine rings is 1. The lowest BCUT2D eigenvalue weighted by molar-refractivity contribution is -0.136. The number of nitrogens with one attached hydrogen (secondary N) is 2. The zero-order valence-corrected chi connectivity index (χ0v) is 26.7. The van der Waals surface area contributed by atoms with Gasteiger partial charge in [0, 0.05) is 32.6 Å². The summed E-state index contributed by atoms with van der Waals surface area (Å²) < 4.78 is 39.4. The maximum atomic E-state index is 13.9. The average molecular weight is 625 g/mol. The zero-order valence-electron chi connectivity index (χ0n) is 25.8. The Morgan fingerprint density at radius 3 is 2.21 bits per heavy atom. The Balaban J connectivity index is 1.70. The molecule has 0 spiro atoms. The molecule has 13 heteroatoms. The van der Waals surface area contributed by atoms with Crippen LogP contribution in [0.25, 0.3) is 0 Å². The Labute approximate surface area is 255 Å². The van der Waals surface area contributed by atoms with Crippen LogP contribution >= 0.6 is 0 Å². The van der Waals surface area contributed by atoms with Gasteiger partial charge in [-0.25, -0.2) is 18.7 Å². The number of carbonyl (C=O) groups is 3. The molecule has 1 aromatic rings. The van der Waals surface area contributed by atoms with Crippen LogP contribution in [0, 0.1) is 11.8 Å². The Hall–Kier alpha value is -2.90. The largest absolute Gasteiger partial charge is 0.497 e. The van der Waals surface area contributed by atoms with Crippen molar-refractivity contribution in [3.8, 4) is 5.75 Å². The van der Waals surface area contributed by atoms with Gasteiger partial charge in [-0.2, -0.15) is 4.31 Å². The van der Waals surface area contributed by atoms with Crippen molar-refractivity contribution in [2.24, 2.45) is 11.8 Å². The summed E-state index contributed by atoms with van der Waals surface area (Å²) in [7, 11) is -2.73. The normalized spacial score (nSPS) is 17.8. The van der Waals surface area contributed by atoms with Gasteiger partial charge >= 0.3 is 6.09 Å². The quantitative estimate of drug-likeness (QED) is 0.235. The smallest absolute Gasteiger partial charge is 0.407 e. The number of hydroxylamine groups is 1. The highest BCUT2D eigenvalue weighted by molar-refractivity contribution is 7.89. The molecule has 1 saturated heterocycles.